The van der Waals surface area contributed by atoms with Gasteiger partial charge in [0.1, 0.15) is 10.5 Å². The van der Waals surface area contributed by atoms with Gasteiger partial charge in [0, 0.05) is 32.0 Å². The van der Waals surface area contributed by atoms with Crippen LogP contribution in [0.25, 0.3) is 5.69 Å². The Morgan fingerprint density at radius 1 is 1.57 bits per heavy atom. The lowest BCUT2D eigenvalue weighted by Gasteiger charge is -2.26. The number of hydrogen-bond donors (Lipinski definition) is 2. The Bertz CT molecular complexity index is 623. The van der Waals surface area contributed by atoms with E-state index in [4.69, 9.17) is 4.74 Å². The van der Waals surface area contributed by atoms with Gasteiger partial charge in [-0.1, -0.05) is 0 Å². The molecule has 112 valence electrons. The van der Waals surface area contributed by atoms with Crippen LogP contribution in [0.3, 0.4) is 0 Å². The van der Waals surface area contributed by atoms with Gasteiger partial charge in [-0.3, -0.25) is 4.79 Å². The van der Waals surface area contributed by atoms with Gasteiger partial charge >= 0.3 is 0 Å². The van der Waals surface area contributed by atoms with E-state index in [0.29, 0.717) is 17.9 Å². The van der Waals surface area contributed by atoms with Gasteiger partial charge in [0.25, 0.3) is 5.91 Å². The van der Waals surface area contributed by atoms with Gasteiger partial charge in [-0.2, -0.15) is 0 Å². The van der Waals surface area contributed by atoms with Gasteiger partial charge in [-0.15, -0.1) is 11.3 Å². The van der Waals surface area contributed by atoms with Crippen molar-refractivity contribution in [2.75, 3.05) is 13.2 Å². The Morgan fingerprint density at radius 3 is 3.00 bits per heavy atom. The Morgan fingerprint density at radius 2 is 2.33 bits per heavy atom. The van der Waals surface area contributed by atoms with Crippen LogP contribution in [0.2, 0.25) is 0 Å². The number of carbonyl (C=O) groups is 1. The van der Waals surface area contributed by atoms with E-state index in [-0.39, 0.29) is 18.6 Å². The molecule has 1 aliphatic rings. The first-order valence-electron chi connectivity index (χ1n) is 6.93. The van der Waals surface area contributed by atoms with Crippen LogP contribution in [-0.4, -0.2) is 40.4 Å². The van der Waals surface area contributed by atoms with Crippen molar-refractivity contribution in [3.8, 4) is 5.69 Å². The molecule has 2 unspecified atom stereocenters. The topological polar surface area (TPSA) is 63.5 Å². The molecule has 0 bridgehead atoms. The lowest BCUT2D eigenvalue weighted by Crippen LogP contribution is -2.47. The molecule has 2 N–H and O–H groups in total. The van der Waals surface area contributed by atoms with Gasteiger partial charge in [-0.25, -0.2) is 0 Å². The van der Waals surface area contributed by atoms with Gasteiger partial charge in [0.15, 0.2) is 0 Å². The van der Waals surface area contributed by atoms with Crippen LogP contribution >= 0.6 is 11.3 Å². The summed E-state index contributed by atoms with van der Waals surface area (Å²) in [6.45, 7) is 2.56. The summed E-state index contributed by atoms with van der Waals surface area (Å²) in [4.78, 5) is 13.0. The van der Waals surface area contributed by atoms with Crippen molar-refractivity contribution in [3.05, 3.63) is 40.8 Å². The predicted octanol–water partition coefficient (Wildman–Crippen LogP) is 1.81. The van der Waals surface area contributed by atoms with E-state index >= 15 is 0 Å². The van der Waals surface area contributed by atoms with Crippen LogP contribution in [0.1, 0.15) is 23.0 Å². The largest absolute Gasteiger partial charge is 0.385 e. The number of rotatable bonds is 4. The second kappa shape index (κ2) is 5.63. The minimum absolute atomic E-state index is 0.166. The molecule has 1 fully saturated rings. The normalized spacial score (nSPS) is 25.1. The molecule has 1 saturated heterocycles. The minimum atomic E-state index is -0.972. The van der Waals surface area contributed by atoms with Crippen LogP contribution in [0.4, 0.5) is 0 Å². The monoisotopic (exact) mass is 306 g/mol. The molecule has 2 aromatic heterocycles. The Labute approximate surface area is 127 Å². The summed E-state index contributed by atoms with van der Waals surface area (Å²) < 4.78 is 7.28. The van der Waals surface area contributed by atoms with E-state index in [2.05, 4.69) is 5.32 Å². The highest BCUT2D eigenvalue weighted by Crippen LogP contribution is 2.26. The zero-order chi connectivity index (χ0) is 14.9. The van der Waals surface area contributed by atoms with Crippen LogP contribution in [0.5, 0.6) is 0 Å². The maximum absolute atomic E-state index is 12.4. The number of hydrogen-bond acceptors (Lipinski definition) is 4. The summed E-state index contributed by atoms with van der Waals surface area (Å²) in [5.74, 6) is -0.166. The SMILES string of the molecule is CC1OCCC1(O)CNC(=O)c1sccc1-n1cccc1. The molecular weight excluding hydrogens is 288 g/mol. The molecule has 0 saturated carbocycles. The molecule has 2 atom stereocenters. The second-order valence-corrected chi connectivity index (χ2v) is 6.19. The molecule has 0 aliphatic carbocycles. The summed E-state index contributed by atoms with van der Waals surface area (Å²) in [5.41, 5.74) is -0.120. The molecule has 0 aromatic carbocycles. The lowest BCUT2D eigenvalue weighted by atomic mass is 9.97. The summed E-state index contributed by atoms with van der Waals surface area (Å²) in [5, 5.41) is 15.1. The number of thiophene rings is 1. The number of aliphatic hydroxyl groups is 1. The lowest BCUT2D eigenvalue weighted by molar-refractivity contribution is -0.0251. The standard InChI is InChI=1S/C15H18N2O3S/c1-11-15(19,5-8-20-11)10-16-14(18)13-12(4-9-21-13)17-6-2-3-7-17/h2-4,6-7,9,11,19H,5,8,10H2,1H3,(H,16,18). The highest BCUT2D eigenvalue weighted by molar-refractivity contribution is 7.12. The van der Waals surface area contributed by atoms with Crippen LogP contribution in [0.15, 0.2) is 36.0 Å². The molecule has 1 amide bonds. The zero-order valence-corrected chi connectivity index (χ0v) is 12.6. The first-order chi connectivity index (χ1) is 10.1. The van der Waals surface area contributed by atoms with E-state index in [9.17, 15) is 9.90 Å². The van der Waals surface area contributed by atoms with Gasteiger partial charge in [0.2, 0.25) is 0 Å². The maximum Gasteiger partial charge on any atom is 0.263 e. The third kappa shape index (κ3) is 2.74. The van der Waals surface area contributed by atoms with E-state index in [1.807, 2.05) is 47.5 Å². The molecule has 6 heteroatoms. The fraction of sp³-hybridized carbons (Fsp3) is 0.400. The number of aromatic nitrogens is 1. The van der Waals surface area contributed by atoms with Gasteiger partial charge in [0.05, 0.1) is 11.8 Å². The van der Waals surface area contributed by atoms with Gasteiger partial charge < -0.3 is 19.7 Å². The molecule has 2 aromatic rings. The Kier molecular flexibility index (Phi) is 3.84. The molecule has 1 aliphatic heterocycles. The molecular formula is C15H18N2O3S. The number of nitrogens with zero attached hydrogens (tertiary/aromatic N) is 1. The fourth-order valence-corrected chi connectivity index (χ4v) is 3.29. The summed E-state index contributed by atoms with van der Waals surface area (Å²) in [6.07, 6.45) is 4.09. The average Bonchev–Trinajstić information content (AvgIpc) is 3.17. The van der Waals surface area contributed by atoms with Gasteiger partial charge in [-0.05, 0) is 30.5 Å². The zero-order valence-electron chi connectivity index (χ0n) is 11.8. The van der Waals surface area contributed by atoms with E-state index in [1.165, 1.54) is 11.3 Å². The number of amides is 1. The first kappa shape index (κ1) is 14.3. The smallest absolute Gasteiger partial charge is 0.263 e. The van der Waals surface area contributed by atoms with Crippen molar-refractivity contribution in [1.82, 2.24) is 9.88 Å². The molecule has 0 radical (unpaired) electrons. The van der Waals surface area contributed by atoms with Crippen molar-refractivity contribution in [2.45, 2.75) is 25.0 Å². The van der Waals surface area contributed by atoms with Crippen LogP contribution in [0, 0.1) is 0 Å². The Hall–Kier alpha value is -1.63. The molecule has 3 rings (SSSR count). The van der Waals surface area contributed by atoms with E-state index in [1.54, 1.807) is 0 Å². The number of nitrogens with one attached hydrogen (secondary N) is 1. The summed E-state index contributed by atoms with van der Waals surface area (Å²) in [6, 6.07) is 5.74. The third-order valence-electron chi connectivity index (χ3n) is 3.95. The van der Waals surface area contributed by atoms with Crippen molar-refractivity contribution < 1.29 is 14.6 Å². The first-order valence-corrected chi connectivity index (χ1v) is 7.81. The number of ether oxygens (including phenoxy) is 1. The molecule has 5 nitrogen and oxygen atoms in total. The third-order valence-corrected chi connectivity index (χ3v) is 4.85. The quantitative estimate of drug-likeness (QED) is 0.905. The average molecular weight is 306 g/mol. The van der Waals surface area contributed by atoms with Crippen molar-refractivity contribution in [1.29, 1.82) is 0 Å². The molecule has 3 heterocycles. The van der Waals surface area contributed by atoms with Crippen molar-refractivity contribution in [3.63, 3.8) is 0 Å². The van der Waals surface area contributed by atoms with Crippen LogP contribution < -0.4 is 5.32 Å². The minimum Gasteiger partial charge on any atom is -0.385 e. The molecule has 21 heavy (non-hydrogen) atoms. The Balaban J connectivity index is 1.71. The van der Waals surface area contributed by atoms with E-state index in [0.717, 1.165) is 5.69 Å². The summed E-state index contributed by atoms with van der Waals surface area (Å²) in [7, 11) is 0. The second-order valence-electron chi connectivity index (χ2n) is 5.27. The number of carbonyl (C=O) groups excluding carboxylic acids is 1. The predicted molar refractivity (Wildman–Crippen MR) is 81.0 cm³/mol. The van der Waals surface area contributed by atoms with Crippen LogP contribution in [-0.2, 0) is 4.74 Å². The van der Waals surface area contributed by atoms with E-state index < -0.39 is 5.60 Å². The molecule has 0 spiro atoms. The summed E-state index contributed by atoms with van der Waals surface area (Å²) >= 11 is 1.39. The van der Waals surface area contributed by atoms with Crippen molar-refractivity contribution >= 4 is 17.2 Å². The van der Waals surface area contributed by atoms with Crippen molar-refractivity contribution in [2.24, 2.45) is 0 Å². The highest BCUT2D eigenvalue weighted by Gasteiger charge is 2.39. The fourth-order valence-electron chi connectivity index (χ4n) is 2.49. The highest BCUT2D eigenvalue weighted by atomic mass is 32.1. The maximum atomic E-state index is 12.4.